The van der Waals surface area contributed by atoms with Gasteiger partial charge in [-0.1, -0.05) is 38.3 Å². The fourth-order valence-corrected chi connectivity index (χ4v) is 2.38. The van der Waals surface area contributed by atoms with E-state index >= 15 is 0 Å². The van der Waals surface area contributed by atoms with E-state index < -0.39 is 0 Å². The molecule has 0 aliphatic carbocycles. The number of hydrogen-bond acceptors (Lipinski definition) is 5. The highest BCUT2D eigenvalue weighted by atomic mass is 16.5. The molecule has 1 unspecified atom stereocenters. The Bertz CT molecular complexity index is 511. The highest BCUT2D eigenvalue weighted by Gasteiger charge is 2.15. The van der Waals surface area contributed by atoms with E-state index in [1.54, 1.807) is 12.1 Å². The maximum Gasteiger partial charge on any atom is 0.338 e. The molecule has 3 N–H and O–H groups in total. The first-order valence-electron chi connectivity index (χ1n) is 8.03. The summed E-state index contributed by atoms with van der Waals surface area (Å²) >= 11 is 0. The van der Waals surface area contributed by atoms with Crippen LogP contribution in [0, 0.1) is 0 Å². The Hall–Kier alpha value is -1.88. The lowest BCUT2D eigenvalue weighted by atomic mass is 10.1. The molecule has 2 rings (SSSR count). The van der Waals surface area contributed by atoms with Crippen LogP contribution in [0.2, 0.25) is 0 Å². The predicted molar refractivity (Wildman–Crippen MR) is 87.8 cm³/mol. The van der Waals surface area contributed by atoms with Crippen molar-refractivity contribution >= 4 is 11.8 Å². The molecule has 0 radical (unpaired) electrons. The molecule has 0 amide bonds. The van der Waals surface area contributed by atoms with Gasteiger partial charge in [0.2, 0.25) is 0 Å². The number of nitrogens with two attached hydrogens (primary N) is 1. The summed E-state index contributed by atoms with van der Waals surface area (Å²) in [5, 5.41) is 3.28. The first-order chi connectivity index (χ1) is 10.7. The number of benzene rings is 1. The number of esters is 1. The highest BCUT2D eigenvalue weighted by Crippen LogP contribution is 2.18. The number of rotatable bonds is 7. The molecule has 1 aliphatic rings. The van der Waals surface area contributed by atoms with E-state index in [9.17, 15) is 4.79 Å². The standard InChI is InChI=1S/C17H25N3O2/c1-2-3-4-5-12-22-17(21)14-8-6-13(7-9-14)16-19-11-10-15(18)20-16/h6-9,16,19H,2-5,10-12H2,1H3,(H2,18,20). The van der Waals surface area contributed by atoms with Crippen molar-refractivity contribution in [3.8, 4) is 0 Å². The third-order valence-corrected chi connectivity index (χ3v) is 3.71. The lowest BCUT2D eigenvalue weighted by molar-refractivity contribution is 0.0498. The molecule has 5 heteroatoms. The third kappa shape index (κ3) is 4.84. The number of hydrogen-bond donors (Lipinski definition) is 2. The van der Waals surface area contributed by atoms with Crippen molar-refractivity contribution < 1.29 is 9.53 Å². The Labute approximate surface area is 132 Å². The molecule has 0 saturated heterocycles. The summed E-state index contributed by atoms with van der Waals surface area (Å²) in [7, 11) is 0. The fraction of sp³-hybridized carbons (Fsp3) is 0.529. The van der Waals surface area contributed by atoms with Gasteiger partial charge in [-0.25, -0.2) is 9.79 Å². The smallest absolute Gasteiger partial charge is 0.338 e. The van der Waals surface area contributed by atoms with Gasteiger partial charge in [-0.15, -0.1) is 0 Å². The van der Waals surface area contributed by atoms with Gasteiger partial charge in [-0.2, -0.15) is 0 Å². The van der Waals surface area contributed by atoms with E-state index in [2.05, 4.69) is 17.2 Å². The maximum atomic E-state index is 11.9. The summed E-state index contributed by atoms with van der Waals surface area (Å²) in [6, 6.07) is 7.36. The SMILES string of the molecule is CCCCCCOC(=O)c1ccc(C2N=C(N)CCN2)cc1. The second kappa shape index (κ2) is 8.54. The summed E-state index contributed by atoms with van der Waals surface area (Å²) in [4.78, 5) is 16.3. The first-order valence-corrected chi connectivity index (χ1v) is 8.03. The van der Waals surface area contributed by atoms with Gasteiger partial charge < -0.3 is 10.5 Å². The molecule has 120 valence electrons. The summed E-state index contributed by atoms with van der Waals surface area (Å²) in [5.74, 6) is 0.405. The van der Waals surface area contributed by atoms with Crippen molar-refractivity contribution in [3.05, 3.63) is 35.4 Å². The van der Waals surface area contributed by atoms with Crippen LogP contribution >= 0.6 is 0 Å². The molecule has 1 aromatic carbocycles. The van der Waals surface area contributed by atoms with Crippen LogP contribution in [-0.2, 0) is 4.74 Å². The summed E-state index contributed by atoms with van der Waals surface area (Å²) < 4.78 is 5.27. The average Bonchev–Trinajstić information content (AvgIpc) is 2.54. The minimum Gasteiger partial charge on any atom is -0.462 e. The minimum absolute atomic E-state index is 0.118. The Balaban J connectivity index is 1.86. The van der Waals surface area contributed by atoms with Gasteiger partial charge in [0.25, 0.3) is 0 Å². The normalized spacial score (nSPS) is 17.9. The molecule has 0 bridgehead atoms. The summed E-state index contributed by atoms with van der Waals surface area (Å²) in [6.07, 6.45) is 5.06. The quantitative estimate of drug-likeness (QED) is 0.600. The molecule has 1 atom stereocenters. The lowest BCUT2D eigenvalue weighted by Gasteiger charge is -2.20. The molecule has 5 nitrogen and oxygen atoms in total. The van der Waals surface area contributed by atoms with E-state index in [0.717, 1.165) is 31.4 Å². The number of unbranched alkanes of at least 4 members (excludes halogenated alkanes) is 3. The molecule has 1 aromatic rings. The number of aliphatic imine (C=N–C) groups is 1. The highest BCUT2D eigenvalue weighted by molar-refractivity contribution is 5.89. The Kier molecular flexibility index (Phi) is 6.40. The van der Waals surface area contributed by atoms with Crippen LogP contribution in [-0.4, -0.2) is 25.0 Å². The number of carbonyl (C=O) groups excluding carboxylic acids is 1. The van der Waals surface area contributed by atoms with Crippen LogP contribution in [0.1, 0.15) is 61.1 Å². The van der Waals surface area contributed by atoms with E-state index in [1.807, 2.05) is 12.1 Å². The number of nitrogens with one attached hydrogen (secondary N) is 1. The Morgan fingerprint density at radius 3 is 2.77 bits per heavy atom. The second-order valence-electron chi connectivity index (χ2n) is 5.55. The maximum absolute atomic E-state index is 11.9. The molecule has 1 heterocycles. The predicted octanol–water partition coefficient (Wildman–Crippen LogP) is 2.77. The van der Waals surface area contributed by atoms with Gasteiger partial charge in [0, 0.05) is 13.0 Å². The van der Waals surface area contributed by atoms with Crippen molar-refractivity contribution in [2.45, 2.75) is 45.2 Å². The molecule has 0 fully saturated rings. The van der Waals surface area contributed by atoms with Crippen LogP contribution < -0.4 is 11.1 Å². The third-order valence-electron chi connectivity index (χ3n) is 3.71. The number of ether oxygens (including phenoxy) is 1. The van der Waals surface area contributed by atoms with E-state index in [1.165, 1.54) is 12.8 Å². The van der Waals surface area contributed by atoms with Gasteiger partial charge in [-0.05, 0) is 24.1 Å². The summed E-state index contributed by atoms with van der Waals surface area (Å²) in [6.45, 7) is 3.47. The van der Waals surface area contributed by atoms with Crippen LogP contribution in [0.5, 0.6) is 0 Å². The molecule has 0 spiro atoms. The van der Waals surface area contributed by atoms with Crippen LogP contribution in [0.25, 0.3) is 0 Å². The van der Waals surface area contributed by atoms with Gasteiger partial charge in [0.1, 0.15) is 6.17 Å². The van der Waals surface area contributed by atoms with Crippen molar-refractivity contribution in [3.63, 3.8) is 0 Å². The molecule has 1 aliphatic heterocycles. The first kappa shape index (κ1) is 16.5. The Morgan fingerprint density at radius 1 is 1.32 bits per heavy atom. The summed E-state index contributed by atoms with van der Waals surface area (Å²) in [5.41, 5.74) is 7.34. The van der Waals surface area contributed by atoms with Crippen LogP contribution in [0.15, 0.2) is 29.3 Å². The largest absolute Gasteiger partial charge is 0.462 e. The van der Waals surface area contributed by atoms with Crippen molar-refractivity contribution in [2.75, 3.05) is 13.2 Å². The van der Waals surface area contributed by atoms with Crippen molar-refractivity contribution in [1.82, 2.24) is 5.32 Å². The molecular formula is C17H25N3O2. The zero-order valence-electron chi connectivity index (χ0n) is 13.2. The lowest BCUT2D eigenvalue weighted by Crippen LogP contribution is -2.32. The number of carbonyl (C=O) groups is 1. The van der Waals surface area contributed by atoms with Crippen LogP contribution in [0.3, 0.4) is 0 Å². The van der Waals surface area contributed by atoms with E-state index in [-0.39, 0.29) is 12.1 Å². The van der Waals surface area contributed by atoms with Gasteiger partial charge in [0.15, 0.2) is 0 Å². The van der Waals surface area contributed by atoms with Crippen molar-refractivity contribution in [1.29, 1.82) is 0 Å². The van der Waals surface area contributed by atoms with Crippen LogP contribution in [0.4, 0.5) is 0 Å². The van der Waals surface area contributed by atoms with Gasteiger partial charge >= 0.3 is 5.97 Å². The fourth-order valence-electron chi connectivity index (χ4n) is 2.38. The number of amidine groups is 1. The van der Waals surface area contributed by atoms with Crippen molar-refractivity contribution in [2.24, 2.45) is 10.7 Å². The molecule has 0 saturated carbocycles. The Morgan fingerprint density at radius 2 is 2.09 bits per heavy atom. The number of nitrogens with zero attached hydrogens (tertiary/aromatic N) is 1. The monoisotopic (exact) mass is 303 g/mol. The average molecular weight is 303 g/mol. The zero-order valence-corrected chi connectivity index (χ0v) is 13.2. The second-order valence-corrected chi connectivity index (χ2v) is 5.55. The van der Waals surface area contributed by atoms with Gasteiger partial charge in [-0.3, -0.25) is 5.32 Å². The molecule has 22 heavy (non-hydrogen) atoms. The van der Waals surface area contributed by atoms with E-state index in [4.69, 9.17) is 10.5 Å². The molecular weight excluding hydrogens is 278 g/mol. The molecule has 0 aromatic heterocycles. The van der Waals surface area contributed by atoms with Gasteiger partial charge in [0.05, 0.1) is 18.0 Å². The minimum atomic E-state index is -0.261. The van der Waals surface area contributed by atoms with E-state index in [0.29, 0.717) is 18.0 Å². The zero-order chi connectivity index (χ0) is 15.8. The topological polar surface area (TPSA) is 76.7 Å².